The summed E-state index contributed by atoms with van der Waals surface area (Å²) in [6, 6.07) is -0.854. The molecule has 0 amide bonds. The molecule has 4 N–H and O–H groups in total. The number of nitrogens with two attached hydrogens (primary N) is 1. The van der Waals surface area contributed by atoms with E-state index in [-0.39, 0.29) is 0 Å². The molecule has 0 saturated heterocycles. The van der Waals surface area contributed by atoms with Crippen LogP contribution in [0.2, 0.25) is 0 Å². The number of rotatable bonds is 4. The summed E-state index contributed by atoms with van der Waals surface area (Å²) in [5.41, 5.74) is 5.00. The maximum Gasteiger partial charge on any atom is 0.469 e. The first kappa shape index (κ1) is 10.0. The van der Waals surface area contributed by atoms with Gasteiger partial charge in [-0.25, -0.2) is 9.67 Å². The van der Waals surface area contributed by atoms with Gasteiger partial charge in [0.1, 0.15) is 0 Å². The van der Waals surface area contributed by atoms with Gasteiger partial charge in [0.2, 0.25) is 0 Å². The second-order valence-corrected chi connectivity index (χ2v) is 2.95. The van der Waals surface area contributed by atoms with Crippen molar-refractivity contribution in [3.8, 4) is 0 Å². The van der Waals surface area contributed by atoms with Crippen molar-refractivity contribution >= 4 is 7.82 Å². The van der Waals surface area contributed by atoms with E-state index in [9.17, 15) is 9.67 Å². The van der Waals surface area contributed by atoms with Gasteiger partial charge in [-0.1, -0.05) is 0 Å². The molecule has 1 radical (unpaired) electrons. The van der Waals surface area contributed by atoms with E-state index in [1.165, 1.54) is 0 Å². The molecule has 0 aromatic carbocycles. The molecule has 0 heterocycles. The molecule has 0 aromatic rings. The minimum absolute atomic E-state index is 0.409. The molecular weight excluding hydrogens is 161 g/mol. The van der Waals surface area contributed by atoms with Crippen molar-refractivity contribution < 1.29 is 24.0 Å². The van der Waals surface area contributed by atoms with Crippen LogP contribution in [0.25, 0.3) is 0 Å². The Morgan fingerprint density at radius 3 is 2.40 bits per heavy atom. The minimum Gasteiger partial charge on any atom is -0.324 e. The lowest BCUT2D eigenvalue weighted by Crippen LogP contribution is -2.28. The van der Waals surface area contributed by atoms with Crippen LogP contribution in [0.1, 0.15) is 0 Å². The molecule has 0 bridgehead atoms. The third kappa shape index (κ3) is 6.15. The topological polar surface area (TPSA) is 113 Å². The van der Waals surface area contributed by atoms with Crippen LogP contribution < -0.4 is 5.73 Å². The zero-order chi connectivity index (χ0) is 8.20. The van der Waals surface area contributed by atoms with Crippen LogP contribution in [0.4, 0.5) is 0 Å². The summed E-state index contributed by atoms with van der Waals surface area (Å²) >= 11 is 0. The first-order valence-electron chi connectivity index (χ1n) is 2.49. The van der Waals surface area contributed by atoms with Crippen LogP contribution in [0.5, 0.6) is 0 Å². The molecule has 0 fully saturated rings. The number of phosphoric ester groups is 1. The van der Waals surface area contributed by atoms with Gasteiger partial charge in [0, 0.05) is 0 Å². The van der Waals surface area contributed by atoms with E-state index in [4.69, 9.17) is 15.5 Å². The lowest BCUT2D eigenvalue weighted by molar-refractivity contribution is 0.126. The Hall–Kier alpha value is 0.0300. The van der Waals surface area contributed by atoms with Gasteiger partial charge in [0.05, 0.1) is 19.3 Å². The lowest BCUT2D eigenvalue weighted by atomic mass is 10.4. The zero-order valence-electron chi connectivity index (χ0n) is 5.14. The van der Waals surface area contributed by atoms with Crippen LogP contribution in [-0.2, 0) is 14.2 Å². The van der Waals surface area contributed by atoms with Gasteiger partial charge in [0.15, 0.2) is 0 Å². The first-order valence-corrected chi connectivity index (χ1v) is 4.02. The number of hydrogen-bond acceptors (Lipinski definition) is 3. The standard InChI is InChI=1S/C3H9NO5P/c4-3(1-5)2-9-10(6,7)8/h3H,1-2,4H2,(H2,6,7,8)/t3-/m0/s1. The normalized spacial score (nSPS) is 15.2. The van der Waals surface area contributed by atoms with Crippen LogP contribution >= 0.6 is 7.82 Å². The Bertz CT molecular complexity index is 133. The van der Waals surface area contributed by atoms with Gasteiger partial charge in [-0.3, -0.25) is 4.52 Å². The third-order valence-corrected chi connectivity index (χ3v) is 1.16. The maximum absolute atomic E-state index is 9.97. The van der Waals surface area contributed by atoms with Crippen molar-refractivity contribution in [2.24, 2.45) is 5.73 Å². The molecule has 0 aromatic heterocycles. The summed E-state index contributed by atoms with van der Waals surface area (Å²) in [7, 11) is -4.45. The monoisotopic (exact) mass is 170 g/mol. The third-order valence-electron chi connectivity index (χ3n) is 0.671. The molecule has 61 valence electrons. The van der Waals surface area contributed by atoms with Gasteiger partial charge in [0.25, 0.3) is 0 Å². The molecule has 6 nitrogen and oxygen atoms in total. The summed E-state index contributed by atoms with van der Waals surface area (Å²) in [4.78, 5) is 16.2. The largest absolute Gasteiger partial charge is 0.469 e. The number of phosphoric acid groups is 1. The van der Waals surface area contributed by atoms with Gasteiger partial charge in [-0.2, -0.15) is 0 Å². The van der Waals surface area contributed by atoms with E-state index in [2.05, 4.69) is 4.52 Å². The molecule has 0 aliphatic rings. The van der Waals surface area contributed by atoms with Crippen LogP contribution in [0.15, 0.2) is 0 Å². The lowest BCUT2D eigenvalue weighted by Gasteiger charge is -2.07. The summed E-state index contributed by atoms with van der Waals surface area (Å²) in [6.45, 7) is -1.02. The molecule has 0 saturated carbocycles. The molecule has 7 heteroatoms. The Balaban J connectivity index is 3.46. The highest BCUT2D eigenvalue weighted by Crippen LogP contribution is 2.35. The highest BCUT2D eigenvalue weighted by Gasteiger charge is 2.15. The summed E-state index contributed by atoms with van der Waals surface area (Å²) in [5, 5.41) is 9.89. The first-order chi connectivity index (χ1) is 4.45. The Kier molecular flexibility index (Phi) is 4.04. The maximum atomic E-state index is 9.97. The van der Waals surface area contributed by atoms with Crippen LogP contribution in [0, 0.1) is 0 Å². The van der Waals surface area contributed by atoms with Gasteiger partial charge < -0.3 is 15.5 Å². The van der Waals surface area contributed by atoms with E-state index in [1.807, 2.05) is 0 Å². The van der Waals surface area contributed by atoms with Gasteiger partial charge in [-0.05, 0) is 0 Å². The molecule has 0 unspecified atom stereocenters. The summed E-state index contributed by atoms with van der Waals surface area (Å²) in [6.07, 6.45) is 0. The van der Waals surface area contributed by atoms with Gasteiger partial charge >= 0.3 is 7.82 Å². The summed E-state index contributed by atoms with van der Waals surface area (Å²) < 4.78 is 13.9. The predicted octanol–water partition coefficient (Wildman–Crippen LogP) is -1.15. The van der Waals surface area contributed by atoms with Crippen molar-refractivity contribution in [2.45, 2.75) is 6.04 Å². The summed E-state index contributed by atoms with van der Waals surface area (Å²) in [5.74, 6) is 0. The zero-order valence-corrected chi connectivity index (χ0v) is 6.03. The second kappa shape index (κ2) is 4.02. The Morgan fingerprint density at radius 2 is 2.10 bits per heavy atom. The van der Waals surface area contributed by atoms with E-state index in [1.54, 1.807) is 0 Å². The fourth-order valence-electron chi connectivity index (χ4n) is 0.241. The van der Waals surface area contributed by atoms with E-state index < -0.39 is 27.1 Å². The van der Waals surface area contributed by atoms with Crippen molar-refractivity contribution in [2.75, 3.05) is 13.2 Å². The molecule has 1 atom stereocenters. The second-order valence-electron chi connectivity index (χ2n) is 1.71. The average Bonchev–Trinajstić information content (AvgIpc) is 1.81. The SMILES string of the molecule is N[C@@H](C[O])COP(=O)(O)O. The van der Waals surface area contributed by atoms with E-state index >= 15 is 0 Å². The van der Waals surface area contributed by atoms with Crippen molar-refractivity contribution in [1.29, 1.82) is 0 Å². The fraction of sp³-hybridized carbons (Fsp3) is 1.00. The van der Waals surface area contributed by atoms with E-state index in [0.717, 1.165) is 0 Å². The molecule has 10 heavy (non-hydrogen) atoms. The van der Waals surface area contributed by atoms with Crippen LogP contribution in [-0.4, -0.2) is 29.0 Å². The molecular formula is C3H9NO5P. The van der Waals surface area contributed by atoms with Crippen molar-refractivity contribution in [1.82, 2.24) is 0 Å². The highest BCUT2D eigenvalue weighted by molar-refractivity contribution is 7.46. The Morgan fingerprint density at radius 1 is 1.60 bits per heavy atom. The van der Waals surface area contributed by atoms with Crippen LogP contribution in [0.3, 0.4) is 0 Å². The molecule has 0 spiro atoms. The molecule has 0 aliphatic heterocycles. The average molecular weight is 170 g/mol. The highest BCUT2D eigenvalue weighted by atomic mass is 31.2. The van der Waals surface area contributed by atoms with Gasteiger partial charge in [-0.15, -0.1) is 0 Å². The smallest absolute Gasteiger partial charge is 0.324 e. The molecule has 0 aliphatic carbocycles. The minimum atomic E-state index is -4.45. The molecule has 0 rings (SSSR count). The quantitative estimate of drug-likeness (QED) is 0.461. The van der Waals surface area contributed by atoms with Crippen molar-refractivity contribution in [3.63, 3.8) is 0 Å². The Labute approximate surface area is 57.9 Å². The number of hydrogen-bond donors (Lipinski definition) is 3. The van der Waals surface area contributed by atoms with E-state index in [0.29, 0.717) is 0 Å². The van der Waals surface area contributed by atoms with Crippen molar-refractivity contribution in [3.05, 3.63) is 0 Å². The predicted molar refractivity (Wildman–Crippen MR) is 31.5 cm³/mol. The fourth-order valence-corrected chi connectivity index (χ4v) is 0.627.